The van der Waals surface area contributed by atoms with Crippen LogP contribution in [0, 0.1) is 0 Å². The zero-order chi connectivity index (χ0) is 8.57. The third-order valence-corrected chi connectivity index (χ3v) is 0.842. The summed E-state index contributed by atoms with van der Waals surface area (Å²) in [5.41, 5.74) is 1.38. The number of allylic oxidation sites excluding steroid dienone is 2. The summed E-state index contributed by atoms with van der Waals surface area (Å²) in [6.45, 7) is 7.59. The third kappa shape index (κ3) is 25.4. The average molecular weight is 146 g/mol. The Labute approximate surface area is 63.2 Å². The minimum absolute atomic E-state index is 0.139. The molecule has 0 aliphatic heterocycles. The first-order chi connectivity index (χ1) is 4.54. The first kappa shape index (κ1) is 12.3. The van der Waals surface area contributed by atoms with Crippen LogP contribution in [-0.4, -0.2) is 22.9 Å². The number of hydrogen-bond acceptors (Lipinski definition) is 2. The van der Waals surface area contributed by atoms with E-state index in [2.05, 4.69) is 19.9 Å². The Morgan fingerprint density at radius 1 is 1.50 bits per heavy atom. The molecule has 0 saturated carbocycles. The SMILES string of the molecule is CC(O)CO.CC=C(C)C. The molecule has 0 aromatic heterocycles. The molecule has 2 nitrogen and oxygen atoms in total. The molecule has 0 spiro atoms. The van der Waals surface area contributed by atoms with Gasteiger partial charge in [-0.05, 0) is 27.7 Å². The molecule has 1 unspecified atom stereocenters. The highest BCUT2D eigenvalue weighted by Gasteiger charge is 1.83. The van der Waals surface area contributed by atoms with Gasteiger partial charge in [0, 0.05) is 0 Å². The third-order valence-electron chi connectivity index (χ3n) is 0.842. The predicted molar refractivity (Wildman–Crippen MR) is 43.9 cm³/mol. The van der Waals surface area contributed by atoms with E-state index in [0.717, 1.165) is 0 Å². The topological polar surface area (TPSA) is 40.5 Å². The predicted octanol–water partition coefficient (Wildman–Crippen LogP) is 1.33. The van der Waals surface area contributed by atoms with Gasteiger partial charge in [0.05, 0.1) is 12.7 Å². The Kier molecular flexibility index (Phi) is 10.7. The Morgan fingerprint density at radius 2 is 1.70 bits per heavy atom. The lowest BCUT2D eigenvalue weighted by molar-refractivity contribution is 0.110. The summed E-state index contributed by atoms with van der Waals surface area (Å²) in [7, 11) is 0. The molecule has 2 N–H and O–H groups in total. The lowest BCUT2D eigenvalue weighted by atomic mass is 10.3. The first-order valence-corrected chi connectivity index (χ1v) is 3.43. The molecule has 0 bridgehead atoms. The second-order valence-electron chi connectivity index (χ2n) is 2.40. The van der Waals surface area contributed by atoms with Crippen molar-refractivity contribution in [3.05, 3.63) is 11.6 Å². The summed E-state index contributed by atoms with van der Waals surface area (Å²) in [4.78, 5) is 0. The van der Waals surface area contributed by atoms with Crippen LogP contribution in [0.25, 0.3) is 0 Å². The number of aliphatic hydroxyl groups excluding tert-OH is 2. The smallest absolute Gasteiger partial charge is 0.0742 e. The molecule has 0 amide bonds. The van der Waals surface area contributed by atoms with Crippen molar-refractivity contribution in [1.82, 2.24) is 0 Å². The summed E-state index contributed by atoms with van der Waals surface area (Å²) in [5, 5.41) is 16.0. The van der Waals surface area contributed by atoms with E-state index in [-0.39, 0.29) is 6.61 Å². The van der Waals surface area contributed by atoms with Gasteiger partial charge < -0.3 is 10.2 Å². The normalized spacial score (nSPS) is 11.0. The zero-order valence-corrected chi connectivity index (χ0v) is 7.26. The van der Waals surface area contributed by atoms with E-state index in [0.29, 0.717) is 0 Å². The van der Waals surface area contributed by atoms with Crippen molar-refractivity contribution in [2.24, 2.45) is 0 Å². The van der Waals surface area contributed by atoms with Crippen LogP contribution >= 0.6 is 0 Å². The Morgan fingerprint density at radius 3 is 1.70 bits per heavy atom. The molecule has 0 fully saturated rings. The monoisotopic (exact) mass is 146 g/mol. The fourth-order valence-corrected chi connectivity index (χ4v) is 0. The molecule has 0 aromatic rings. The molecule has 0 radical (unpaired) electrons. The van der Waals surface area contributed by atoms with Crippen molar-refractivity contribution in [3.8, 4) is 0 Å². The Balaban J connectivity index is 0. The standard InChI is InChI=1S/C5H10.C3H8O2/c1-4-5(2)3;1-3(5)2-4/h4H,1-3H3;3-5H,2H2,1H3. The Bertz CT molecular complexity index is 81.3. The molecule has 10 heavy (non-hydrogen) atoms. The summed E-state index contributed by atoms with van der Waals surface area (Å²) in [5.74, 6) is 0. The van der Waals surface area contributed by atoms with Crippen molar-refractivity contribution in [1.29, 1.82) is 0 Å². The van der Waals surface area contributed by atoms with Crippen molar-refractivity contribution in [2.45, 2.75) is 33.8 Å². The van der Waals surface area contributed by atoms with Crippen LogP contribution in [0.4, 0.5) is 0 Å². The van der Waals surface area contributed by atoms with E-state index in [1.807, 2.05) is 6.92 Å². The lowest BCUT2D eigenvalue weighted by Gasteiger charge is -1.90. The molecule has 2 heteroatoms. The number of rotatable bonds is 1. The molecule has 0 saturated heterocycles. The van der Waals surface area contributed by atoms with Crippen molar-refractivity contribution in [2.75, 3.05) is 6.61 Å². The Hall–Kier alpha value is -0.340. The van der Waals surface area contributed by atoms with Crippen LogP contribution in [0.1, 0.15) is 27.7 Å². The minimum Gasteiger partial charge on any atom is -0.394 e. The van der Waals surface area contributed by atoms with Crippen LogP contribution in [0.15, 0.2) is 11.6 Å². The highest BCUT2D eigenvalue weighted by molar-refractivity contribution is 4.88. The second-order valence-corrected chi connectivity index (χ2v) is 2.40. The fraction of sp³-hybridized carbons (Fsp3) is 0.750. The van der Waals surface area contributed by atoms with Crippen molar-refractivity contribution < 1.29 is 10.2 Å². The highest BCUT2D eigenvalue weighted by atomic mass is 16.3. The summed E-state index contributed by atoms with van der Waals surface area (Å²) in [6.07, 6.45) is 1.52. The summed E-state index contributed by atoms with van der Waals surface area (Å²) >= 11 is 0. The van der Waals surface area contributed by atoms with Gasteiger partial charge in [-0.3, -0.25) is 0 Å². The highest BCUT2D eigenvalue weighted by Crippen LogP contribution is 1.82. The van der Waals surface area contributed by atoms with E-state index in [9.17, 15) is 0 Å². The largest absolute Gasteiger partial charge is 0.394 e. The van der Waals surface area contributed by atoms with Crippen molar-refractivity contribution >= 4 is 0 Å². The zero-order valence-electron chi connectivity index (χ0n) is 7.26. The average Bonchev–Trinajstić information content (AvgIpc) is 1.89. The fourth-order valence-electron chi connectivity index (χ4n) is 0. The van der Waals surface area contributed by atoms with E-state index in [4.69, 9.17) is 10.2 Å². The van der Waals surface area contributed by atoms with Crippen LogP contribution < -0.4 is 0 Å². The van der Waals surface area contributed by atoms with E-state index in [1.54, 1.807) is 0 Å². The van der Waals surface area contributed by atoms with Gasteiger partial charge in [0.25, 0.3) is 0 Å². The number of aliphatic hydroxyl groups is 2. The van der Waals surface area contributed by atoms with E-state index < -0.39 is 6.10 Å². The number of hydrogen-bond donors (Lipinski definition) is 2. The maximum absolute atomic E-state index is 8.11. The van der Waals surface area contributed by atoms with Gasteiger partial charge >= 0.3 is 0 Å². The van der Waals surface area contributed by atoms with Gasteiger partial charge in [0.15, 0.2) is 0 Å². The summed E-state index contributed by atoms with van der Waals surface area (Å²) in [6, 6.07) is 0. The van der Waals surface area contributed by atoms with Gasteiger partial charge in [-0.1, -0.05) is 11.6 Å². The molecule has 0 aliphatic carbocycles. The maximum Gasteiger partial charge on any atom is 0.0742 e. The molecule has 0 rings (SSSR count). The van der Waals surface area contributed by atoms with Crippen LogP contribution in [0.2, 0.25) is 0 Å². The van der Waals surface area contributed by atoms with Gasteiger partial charge in [0.2, 0.25) is 0 Å². The molecule has 0 aromatic carbocycles. The quantitative estimate of drug-likeness (QED) is 0.548. The minimum atomic E-state index is -0.560. The van der Waals surface area contributed by atoms with Crippen LogP contribution in [-0.2, 0) is 0 Å². The van der Waals surface area contributed by atoms with Crippen LogP contribution in [0.5, 0.6) is 0 Å². The molecular weight excluding hydrogens is 128 g/mol. The van der Waals surface area contributed by atoms with Crippen molar-refractivity contribution in [3.63, 3.8) is 0 Å². The maximum atomic E-state index is 8.11. The van der Waals surface area contributed by atoms with Gasteiger partial charge in [-0.2, -0.15) is 0 Å². The van der Waals surface area contributed by atoms with Gasteiger partial charge in [-0.25, -0.2) is 0 Å². The molecule has 0 heterocycles. The second kappa shape index (κ2) is 8.66. The van der Waals surface area contributed by atoms with E-state index >= 15 is 0 Å². The summed E-state index contributed by atoms with van der Waals surface area (Å²) < 4.78 is 0. The lowest BCUT2D eigenvalue weighted by Crippen LogP contribution is -2.03. The van der Waals surface area contributed by atoms with Gasteiger partial charge in [-0.15, -0.1) is 0 Å². The first-order valence-electron chi connectivity index (χ1n) is 3.43. The van der Waals surface area contributed by atoms with Gasteiger partial charge in [0.1, 0.15) is 0 Å². The molecule has 0 aliphatic rings. The molecule has 62 valence electrons. The van der Waals surface area contributed by atoms with E-state index in [1.165, 1.54) is 12.5 Å². The molecular formula is C8H18O2. The van der Waals surface area contributed by atoms with Crippen LogP contribution in [0.3, 0.4) is 0 Å². The molecule has 1 atom stereocenters.